The largest absolute Gasteiger partial charge is 0.436 e. The van der Waals surface area contributed by atoms with Crippen LogP contribution in [-0.4, -0.2) is 16.8 Å². The van der Waals surface area contributed by atoms with Gasteiger partial charge in [-0.3, -0.25) is 4.79 Å². The molecule has 4 nitrogen and oxygen atoms in total. The lowest BCUT2D eigenvalue weighted by molar-refractivity contribution is -0.113. The minimum Gasteiger partial charge on any atom is -0.436 e. The quantitative estimate of drug-likeness (QED) is 0.521. The molecule has 0 aliphatic rings. The van der Waals surface area contributed by atoms with Crippen molar-refractivity contribution in [2.75, 3.05) is 11.2 Å². The van der Waals surface area contributed by atoms with Gasteiger partial charge in [0.05, 0.1) is 0 Å². The number of nitrogens with zero attached hydrogens (tertiary/aromatic N) is 1. The standard InChI is InChI=1S/C20H15ClN2O2/c1-12-9-14(22-18(24)11-21)10-17-19(12)25-20(23-17)16-8-4-6-13-5-2-3-7-15(13)16/h2-10H,11H2,1H3,(H,22,24). The molecule has 1 aromatic heterocycles. The molecule has 0 atom stereocenters. The lowest BCUT2D eigenvalue weighted by Gasteiger charge is -2.03. The minimum absolute atomic E-state index is 0.0862. The van der Waals surface area contributed by atoms with Crippen LogP contribution in [0.2, 0.25) is 0 Å². The second-order valence-electron chi connectivity index (χ2n) is 5.87. The fourth-order valence-corrected chi connectivity index (χ4v) is 3.06. The number of fused-ring (bicyclic) bond motifs is 2. The first-order valence-electron chi connectivity index (χ1n) is 7.91. The summed E-state index contributed by atoms with van der Waals surface area (Å²) in [5, 5.41) is 4.97. The number of alkyl halides is 1. The van der Waals surface area contributed by atoms with Crippen LogP contribution in [0.5, 0.6) is 0 Å². The molecular weight excluding hydrogens is 336 g/mol. The maximum atomic E-state index is 11.5. The molecule has 3 aromatic carbocycles. The lowest BCUT2D eigenvalue weighted by Crippen LogP contribution is -2.12. The lowest BCUT2D eigenvalue weighted by atomic mass is 10.0. The molecule has 0 bridgehead atoms. The van der Waals surface area contributed by atoms with Crippen molar-refractivity contribution in [1.82, 2.24) is 4.98 Å². The third-order valence-corrected chi connectivity index (χ3v) is 4.34. The van der Waals surface area contributed by atoms with Gasteiger partial charge in [0.2, 0.25) is 11.8 Å². The number of anilines is 1. The molecule has 0 spiro atoms. The number of carbonyl (C=O) groups excluding carboxylic acids is 1. The molecule has 0 fully saturated rings. The molecule has 1 heterocycles. The van der Waals surface area contributed by atoms with Crippen molar-refractivity contribution in [2.24, 2.45) is 0 Å². The van der Waals surface area contributed by atoms with E-state index < -0.39 is 0 Å². The Kier molecular flexibility index (Phi) is 3.90. The number of nitrogens with one attached hydrogen (secondary N) is 1. The summed E-state index contributed by atoms with van der Waals surface area (Å²) in [4.78, 5) is 16.2. The molecule has 0 aliphatic heterocycles. The Hall–Kier alpha value is -2.85. The van der Waals surface area contributed by atoms with Crippen LogP contribution in [0.1, 0.15) is 5.56 Å². The van der Waals surface area contributed by atoms with Gasteiger partial charge in [0.15, 0.2) is 5.58 Å². The molecule has 4 rings (SSSR count). The molecule has 5 heteroatoms. The smallest absolute Gasteiger partial charge is 0.239 e. The van der Waals surface area contributed by atoms with Crippen LogP contribution in [-0.2, 0) is 4.79 Å². The zero-order chi connectivity index (χ0) is 17.4. The second kappa shape index (κ2) is 6.22. The third-order valence-electron chi connectivity index (χ3n) is 4.10. The Morgan fingerprint density at radius 3 is 2.80 bits per heavy atom. The highest BCUT2D eigenvalue weighted by Gasteiger charge is 2.14. The fraction of sp³-hybridized carbons (Fsp3) is 0.100. The Morgan fingerprint density at radius 2 is 1.96 bits per heavy atom. The number of hydrogen-bond donors (Lipinski definition) is 1. The topological polar surface area (TPSA) is 55.1 Å². The highest BCUT2D eigenvalue weighted by molar-refractivity contribution is 6.29. The van der Waals surface area contributed by atoms with Gasteiger partial charge in [-0.15, -0.1) is 11.6 Å². The van der Waals surface area contributed by atoms with Crippen LogP contribution < -0.4 is 5.32 Å². The number of carbonyl (C=O) groups is 1. The van der Waals surface area contributed by atoms with Crippen LogP contribution in [0.25, 0.3) is 33.3 Å². The van der Waals surface area contributed by atoms with Crippen LogP contribution in [0.15, 0.2) is 59.0 Å². The minimum atomic E-state index is -0.252. The van der Waals surface area contributed by atoms with Gasteiger partial charge in [-0.05, 0) is 41.5 Å². The molecule has 0 unspecified atom stereocenters. The van der Waals surface area contributed by atoms with Crippen molar-refractivity contribution >= 4 is 45.1 Å². The van der Waals surface area contributed by atoms with E-state index in [9.17, 15) is 4.79 Å². The van der Waals surface area contributed by atoms with E-state index in [0.29, 0.717) is 22.7 Å². The van der Waals surface area contributed by atoms with E-state index in [1.165, 1.54) is 0 Å². The van der Waals surface area contributed by atoms with E-state index in [2.05, 4.69) is 28.5 Å². The summed E-state index contributed by atoms with van der Waals surface area (Å²) in [6, 6.07) is 17.8. The highest BCUT2D eigenvalue weighted by Crippen LogP contribution is 2.32. The maximum Gasteiger partial charge on any atom is 0.239 e. The van der Waals surface area contributed by atoms with E-state index in [4.69, 9.17) is 16.0 Å². The summed E-state index contributed by atoms with van der Waals surface area (Å²) in [5.41, 5.74) is 3.93. The van der Waals surface area contributed by atoms with E-state index in [0.717, 1.165) is 21.9 Å². The Bertz CT molecular complexity index is 1100. The SMILES string of the molecule is Cc1cc(NC(=O)CCl)cc2nc(-c3cccc4ccccc34)oc12. The van der Waals surface area contributed by atoms with Crippen molar-refractivity contribution in [2.45, 2.75) is 6.92 Å². The van der Waals surface area contributed by atoms with E-state index in [-0.39, 0.29) is 11.8 Å². The molecule has 0 saturated carbocycles. The number of halogens is 1. The summed E-state index contributed by atoms with van der Waals surface area (Å²) in [5.74, 6) is 0.228. The zero-order valence-corrected chi connectivity index (χ0v) is 14.3. The van der Waals surface area contributed by atoms with Gasteiger partial charge in [0.25, 0.3) is 0 Å². The van der Waals surface area contributed by atoms with Gasteiger partial charge >= 0.3 is 0 Å². The summed E-state index contributed by atoms with van der Waals surface area (Å²) in [6.45, 7) is 1.93. The van der Waals surface area contributed by atoms with Crippen LogP contribution >= 0.6 is 11.6 Å². The molecule has 0 saturated heterocycles. The first-order valence-corrected chi connectivity index (χ1v) is 8.44. The number of amides is 1. The number of hydrogen-bond acceptors (Lipinski definition) is 3. The number of benzene rings is 3. The Balaban J connectivity index is 1.86. The molecular formula is C20H15ClN2O2. The molecule has 0 aliphatic carbocycles. The monoisotopic (exact) mass is 350 g/mol. The average Bonchev–Trinajstić information content (AvgIpc) is 3.05. The summed E-state index contributed by atoms with van der Waals surface area (Å²) < 4.78 is 6.03. The van der Waals surface area contributed by atoms with E-state index >= 15 is 0 Å². The molecule has 0 radical (unpaired) electrons. The van der Waals surface area contributed by atoms with Crippen molar-refractivity contribution in [3.63, 3.8) is 0 Å². The third kappa shape index (κ3) is 2.85. The summed E-state index contributed by atoms with van der Waals surface area (Å²) in [7, 11) is 0. The Labute approximate surface area is 149 Å². The van der Waals surface area contributed by atoms with Crippen LogP contribution in [0.4, 0.5) is 5.69 Å². The summed E-state index contributed by atoms with van der Waals surface area (Å²) in [6.07, 6.45) is 0. The van der Waals surface area contributed by atoms with E-state index in [1.54, 1.807) is 6.07 Å². The van der Waals surface area contributed by atoms with Crippen LogP contribution in [0, 0.1) is 6.92 Å². The Morgan fingerprint density at radius 1 is 1.16 bits per heavy atom. The van der Waals surface area contributed by atoms with Gasteiger partial charge in [0.1, 0.15) is 11.4 Å². The molecule has 1 N–H and O–H groups in total. The van der Waals surface area contributed by atoms with Gasteiger partial charge in [-0.25, -0.2) is 4.98 Å². The number of aromatic nitrogens is 1. The molecule has 1 amide bonds. The van der Waals surface area contributed by atoms with Crippen molar-refractivity contribution in [3.05, 3.63) is 60.2 Å². The first-order chi connectivity index (χ1) is 12.2. The fourth-order valence-electron chi connectivity index (χ4n) is 2.99. The predicted octanol–water partition coefficient (Wildman–Crippen LogP) is 5.13. The van der Waals surface area contributed by atoms with Gasteiger partial charge in [-0.2, -0.15) is 0 Å². The normalized spacial score (nSPS) is 11.1. The number of rotatable bonds is 3. The molecule has 25 heavy (non-hydrogen) atoms. The first kappa shape index (κ1) is 15.7. The molecule has 124 valence electrons. The van der Waals surface area contributed by atoms with Gasteiger partial charge in [0, 0.05) is 11.3 Å². The summed E-state index contributed by atoms with van der Waals surface area (Å²) >= 11 is 5.55. The van der Waals surface area contributed by atoms with Gasteiger partial charge in [-0.1, -0.05) is 36.4 Å². The highest BCUT2D eigenvalue weighted by atomic mass is 35.5. The molecule has 4 aromatic rings. The predicted molar refractivity (Wildman–Crippen MR) is 101 cm³/mol. The van der Waals surface area contributed by atoms with Crippen molar-refractivity contribution in [1.29, 1.82) is 0 Å². The second-order valence-corrected chi connectivity index (χ2v) is 6.14. The van der Waals surface area contributed by atoms with Gasteiger partial charge < -0.3 is 9.73 Å². The average molecular weight is 351 g/mol. The zero-order valence-electron chi connectivity index (χ0n) is 13.5. The number of oxazole rings is 1. The number of aryl methyl sites for hydroxylation is 1. The van der Waals surface area contributed by atoms with Crippen LogP contribution in [0.3, 0.4) is 0 Å². The van der Waals surface area contributed by atoms with E-state index in [1.807, 2.05) is 37.3 Å². The maximum absolute atomic E-state index is 11.5. The van der Waals surface area contributed by atoms with Crippen molar-refractivity contribution < 1.29 is 9.21 Å². The van der Waals surface area contributed by atoms with Crippen molar-refractivity contribution in [3.8, 4) is 11.5 Å².